The minimum Gasteiger partial charge on any atom is -0.496 e. The molecule has 0 aliphatic carbocycles. The Bertz CT molecular complexity index is 549. The molecule has 0 saturated carbocycles. The van der Waals surface area contributed by atoms with Crippen molar-refractivity contribution in [3.8, 4) is 5.75 Å². The fourth-order valence-corrected chi connectivity index (χ4v) is 2.22. The number of imidazole rings is 1. The van der Waals surface area contributed by atoms with E-state index in [-0.39, 0.29) is 0 Å². The van der Waals surface area contributed by atoms with Gasteiger partial charge in [-0.05, 0) is 37.1 Å². The van der Waals surface area contributed by atoms with Crippen molar-refractivity contribution < 1.29 is 9.84 Å². The number of hydrogen-bond donors (Lipinski definition) is 1. The molecule has 1 heterocycles. The van der Waals surface area contributed by atoms with Gasteiger partial charge in [-0.15, -0.1) is 0 Å². The molecule has 0 aliphatic heterocycles. The molecule has 1 aromatic carbocycles. The van der Waals surface area contributed by atoms with Crippen LogP contribution >= 0.6 is 0 Å². The van der Waals surface area contributed by atoms with E-state index in [4.69, 9.17) is 4.74 Å². The lowest BCUT2D eigenvalue weighted by molar-refractivity contribution is 0.174. The van der Waals surface area contributed by atoms with Crippen LogP contribution in [0.25, 0.3) is 0 Å². The number of hydrogen-bond acceptors (Lipinski definition) is 3. The SMILES string of the molecule is CCn1ccnc1CC(O)c1ccc(OC)c(C)c1. The van der Waals surface area contributed by atoms with E-state index >= 15 is 0 Å². The first-order chi connectivity index (χ1) is 9.15. The van der Waals surface area contributed by atoms with E-state index < -0.39 is 6.10 Å². The largest absolute Gasteiger partial charge is 0.496 e. The van der Waals surface area contributed by atoms with Crippen LogP contribution in [0.15, 0.2) is 30.6 Å². The van der Waals surface area contributed by atoms with E-state index in [1.807, 2.05) is 35.9 Å². The summed E-state index contributed by atoms with van der Waals surface area (Å²) in [6, 6.07) is 5.75. The number of rotatable bonds is 5. The van der Waals surface area contributed by atoms with E-state index in [2.05, 4.69) is 11.9 Å². The molecule has 0 saturated heterocycles. The number of aliphatic hydroxyl groups excluding tert-OH is 1. The van der Waals surface area contributed by atoms with Gasteiger partial charge in [0.1, 0.15) is 11.6 Å². The Labute approximate surface area is 113 Å². The molecule has 0 fully saturated rings. The average Bonchev–Trinajstić information content (AvgIpc) is 2.85. The molecule has 0 bridgehead atoms. The van der Waals surface area contributed by atoms with Crippen LogP contribution in [0.5, 0.6) is 5.75 Å². The molecule has 4 heteroatoms. The highest BCUT2D eigenvalue weighted by Crippen LogP contribution is 2.24. The lowest BCUT2D eigenvalue weighted by Crippen LogP contribution is -2.08. The monoisotopic (exact) mass is 260 g/mol. The molecule has 2 aromatic rings. The number of benzene rings is 1. The van der Waals surface area contributed by atoms with Crippen LogP contribution in [0.2, 0.25) is 0 Å². The number of nitrogens with zero attached hydrogens (tertiary/aromatic N) is 2. The maximum atomic E-state index is 10.3. The lowest BCUT2D eigenvalue weighted by Gasteiger charge is -2.14. The van der Waals surface area contributed by atoms with E-state index in [9.17, 15) is 5.11 Å². The van der Waals surface area contributed by atoms with Gasteiger partial charge in [-0.1, -0.05) is 6.07 Å². The van der Waals surface area contributed by atoms with Gasteiger partial charge in [-0.3, -0.25) is 0 Å². The van der Waals surface area contributed by atoms with E-state index in [1.54, 1.807) is 13.3 Å². The van der Waals surface area contributed by atoms with Crippen LogP contribution in [0.4, 0.5) is 0 Å². The first-order valence-corrected chi connectivity index (χ1v) is 6.48. The fraction of sp³-hybridized carbons (Fsp3) is 0.400. The van der Waals surface area contributed by atoms with Gasteiger partial charge in [0.25, 0.3) is 0 Å². The third-order valence-electron chi connectivity index (χ3n) is 3.32. The van der Waals surface area contributed by atoms with Crippen molar-refractivity contribution in [3.63, 3.8) is 0 Å². The van der Waals surface area contributed by atoms with Crippen LogP contribution in [0, 0.1) is 6.92 Å². The molecular formula is C15H20N2O2. The average molecular weight is 260 g/mol. The normalized spacial score (nSPS) is 12.4. The summed E-state index contributed by atoms with van der Waals surface area (Å²) in [6.45, 7) is 4.90. The van der Waals surface area contributed by atoms with Crippen LogP contribution in [-0.4, -0.2) is 21.8 Å². The molecule has 0 spiro atoms. The third-order valence-corrected chi connectivity index (χ3v) is 3.32. The lowest BCUT2D eigenvalue weighted by atomic mass is 10.0. The minimum absolute atomic E-state index is 0.520. The molecule has 19 heavy (non-hydrogen) atoms. The van der Waals surface area contributed by atoms with Crippen LogP contribution in [-0.2, 0) is 13.0 Å². The highest BCUT2D eigenvalue weighted by molar-refractivity contribution is 5.37. The summed E-state index contributed by atoms with van der Waals surface area (Å²) in [5.41, 5.74) is 1.92. The standard InChI is InChI=1S/C15H20N2O2/c1-4-17-8-7-16-15(17)10-13(18)12-5-6-14(19-3)11(2)9-12/h5-9,13,18H,4,10H2,1-3H3. The topological polar surface area (TPSA) is 47.3 Å². The Hall–Kier alpha value is -1.81. The van der Waals surface area contributed by atoms with Gasteiger partial charge >= 0.3 is 0 Å². The predicted octanol–water partition coefficient (Wildman–Crippen LogP) is 2.50. The number of ether oxygens (including phenoxy) is 1. The second kappa shape index (κ2) is 5.89. The summed E-state index contributed by atoms with van der Waals surface area (Å²) in [5, 5.41) is 10.3. The van der Waals surface area contributed by atoms with Gasteiger partial charge in [0, 0.05) is 25.4 Å². The predicted molar refractivity (Wildman–Crippen MR) is 74.3 cm³/mol. The van der Waals surface area contributed by atoms with Gasteiger partial charge in [0.15, 0.2) is 0 Å². The molecule has 1 atom stereocenters. The summed E-state index contributed by atoms with van der Waals surface area (Å²) >= 11 is 0. The molecule has 4 nitrogen and oxygen atoms in total. The van der Waals surface area contributed by atoms with Gasteiger partial charge in [-0.2, -0.15) is 0 Å². The van der Waals surface area contributed by atoms with Crippen molar-refractivity contribution >= 4 is 0 Å². The maximum absolute atomic E-state index is 10.3. The Kier molecular flexibility index (Phi) is 4.22. The molecule has 102 valence electrons. The smallest absolute Gasteiger partial charge is 0.121 e. The van der Waals surface area contributed by atoms with Crippen molar-refractivity contribution in [1.82, 2.24) is 9.55 Å². The van der Waals surface area contributed by atoms with Gasteiger partial charge in [0.2, 0.25) is 0 Å². The molecule has 1 N–H and O–H groups in total. The van der Waals surface area contributed by atoms with Gasteiger partial charge in [0.05, 0.1) is 13.2 Å². The molecule has 1 unspecified atom stereocenters. The van der Waals surface area contributed by atoms with Crippen LogP contribution < -0.4 is 4.74 Å². The summed E-state index contributed by atoms with van der Waals surface area (Å²) in [7, 11) is 1.65. The Morgan fingerprint density at radius 2 is 2.21 bits per heavy atom. The van der Waals surface area contributed by atoms with E-state index in [1.165, 1.54) is 0 Å². The summed E-state index contributed by atoms with van der Waals surface area (Å²) in [6.07, 6.45) is 3.68. The van der Waals surface area contributed by atoms with Gasteiger partial charge in [-0.25, -0.2) is 4.98 Å². The zero-order valence-electron chi connectivity index (χ0n) is 11.6. The van der Waals surface area contributed by atoms with Crippen molar-refractivity contribution in [2.75, 3.05) is 7.11 Å². The van der Waals surface area contributed by atoms with Crippen LogP contribution in [0.1, 0.15) is 30.0 Å². The Balaban J connectivity index is 2.16. The van der Waals surface area contributed by atoms with Crippen molar-refractivity contribution in [2.45, 2.75) is 32.9 Å². The Morgan fingerprint density at radius 1 is 1.42 bits per heavy atom. The van der Waals surface area contributed by atoms with E-state index in [0.717, 1.165) is 29.2 Å². The first-order valence-electron chi connectivity index (χ1n) is 6.48. The van der Waals surface area contributed by atoms with E-state index in [0.29, 0.717) is 6.42 Å². The molecule has 0 radical (unpaired) electrons. The third kappa shape index (κ3) is 2.96. The zero-order chi connectivity index (χ0) is 13.8. The molecule has 0 aliphatic rings. The Morgan fingerprint density at radius 3 is 2.84 bits per heavy atom. The highest BCUT2D eigenvalue weighted by Gasteiger charge is 2.13. The second-order valence-corrected chi connectivity index (χ2v) is 4.58. The number of methoxy groups -OCH3 is 1. The minimum atomic E-state index is -0.544. The van der Waals surface area contributed by atoms with Gasteiger partial charge < -0.3 is 14.4 Å². The second-order valence-electron chi connectivity index (χ2n) is 4.58. The fourth-order valence-electron chi connectivity index (χ4n) is 2.22. The number of aryl methyl sites for hydroxylation is 2. The van der Waals surface area contributed by atoms with Crippen molar-refractivity contribution in [3.05, 3.63) is 47.5 Å². The molecule has 2 rings (SSSR count). The zero-order valence-corrected chi connectivity index (χ0v) is 11.6. The highest BCUT2D eigenvalue weighted by atomic mass is 16.5. The number of aromatic nitrogens is 2. The maximum Gasteiger partial charge on any atom is 0.121 e. The molecule has 1 aromatic heterocycles. The quantitative estimate of drug-likeness (QED) is 0.898. The molecular weight excluding hydrogens is 240 g/mol. The van der Waals surface area contributed by atoms with Crippen LogP contribution in [0.3, 0.4) is 0 Å². The van der Waals surface area contributed by atoms with Crippen molar-refractivity contribution in [2.24, 2.45) is 0 Å². The molecule has 0 amide bonds. The van der Waals surface area contributed by atoms with Crippen molar-refractivity contribution in [1.29, 1.82) is 0 Å². The first kappa shape index (κ1) is 13.6. The summed E-state index contributed by atoms with van der Waals surface area (Å²) in [5.74, 6) is 1.74. The summed E-state index contributed by atoms with van der Waals surface area (Å²) in [4.78, 5) is 4.29. The summed E-state index contributed by atoms with van der Waals surface area (Å²) < 4.78 is 7.27. The number of aliphatic hydroxyl groups is 1.